The van der Waals surface area contributed by atoms with Crippen molar-refractivity contribution in [3.05, 3.63) is 23.3 Å². The highest BCUT2D eigenvalue weighted by molar-refractivity contribution is 7.18. The Labute approximate surface area is 118 Å². The summed E-state index contributed by atoms with van der Waals surface area (Å²) in [5.74, 6) is 1.02. The van der Waals surface area contributed by atoms with Gasteiger partial charge < -0.3 is 5.73 Å². The molecule has 0 saturated heterocycles. The number of nitrogens with two attached hydrogens (primary N) is 1. The average Bonchev–Trinajstić information content (AvgIpc) is 2.79. The molecular formula is C15H21N3S. The van der Waals surface area contributed by atoms with Crippen LogP contribution in [-0.2, 0) is 0 Å². The van der Waals surface area contributed by atoms with Crippen LogP contribution in [0.4, 0.5) is 0 Å². The zero-order valence-electron chi connectivity index (χ0n) is 11.8. The van der Waals surface area contributed by atoms with Gasteiger partial charge in [-0.15, -0.1) is 0 Å². The number of nitrogens with zero attached hydrogens (tertiary/aromatic N) is 2. The lowest BCUT2D eigenvalue weighted by Crippen LogP contribution is -2.45. The van der Waals surface area contributed by atoms with E-state index in [1.54, 1.807) is 11.3 Å². The molecule has 3 unspecified atom stereocenters. The van der Waals surface area contributed by atoms with E-state index in [9.17, 15) is 0 Å². The van der Waals surface area contributed by atoms with Crippen LogP contribution in [-0.4, -0.2) is 16.0 Å². The van der Waals surface area contributed by atoms with Crippen LogP contribution in [0.5, 0.6) is 0 Å². The molecule has 1 saturated carbocycles. The van der Waals surface area contributed by atoms with Crippen molar-refractivity contribution in [2.45, 2.75) is 45.6 Å². The van der Waals surface area contributed by atoms with Crippen LogP contribution >= 0.6 is 11.3 Å². The number of rotatable bonds is 1. The zero-order chi connectivity index (χ0) is 13.6. The average molecular weight is 275 g/mol. The van der Waals surface area contributed by atoms with Crippen LogP contribution in [0.25, 0.3) is 10.3 Å². The number of thiazole rings is 1. The van der Waals surface area contributed by atoms with E-state index in [-0.39, 0.29) is 5.41 Å². The predicted octanol–water partition coefficient (Wildman–Crippen LogP) is 3.56. The van der Waals surface area contributed by atoms with Crippen molar-refractivity contribution in [1.82, 2.24) is 9.97 Å². The second-order valence-corrected chi connectivity index (χ2v) is 7.29. The number of hydrogen-bond donors (Lipinski definition) is 1. The van der Waals surface area contributed by atoms with E-state index in [1.807, 2.05) is 18.3 Å². The van der Waals surface area contributed by atoms with E-state index in [1.165, 1.54) is 5.01 Å². The third-order valence-corrected chi connectivity index (χ3v) is 6.08. The van der Waals surface area contributed by atoms with Crippen LogP contribution in [0.2, 0.25) is 0 Å². The SMILES string of the molecule is CC1C(N)CCC(c2nc3cccnc3s2)C1(C)C. The monoisotopic (exact) mass is 275 g/mol. The summed E-state index contributed by atoms with van der Waals surface area (Å²) >= 11 is 1.75. The molecular weight excluding hydrogens is 254 g/mol. The lowest BCUT2D eigenvalue weighted by molar-refractivity contribution is 0.0993. The van der Waals surface area contributed by atoms with Crippen LogP contribution in [0.3, 0.4) is 0 Å². The van der Waals surface area contributed by atoms with Gasteiger partial charge in [0.15, 0.2) is 0 Å². The van der Waals surface area contributed by atoms with Gasteiger partial charge in [0.25, 0.3) is 0 Å². The van der Waals surface area contributed by atoms with E-state index in [0.717, 1.165) is 23.2 Å². The normalized spacial score (nSPS) is 30.6. The van der Waals surface area contributed by atoms with E-state index in [4.69, 9.17) is 10.7 Å². The second kappa shape index (κ2) is 4.53. The largest absolute Gasteiger partial charge is 0.327 e. The fraction of sp³-hybridized carbons (Fsp3) is 0.600. The molecule has 1 aliphatic rings. The van der Waals surface area contributed by atoms with Gasteiger partial charge in [-0.25, -0.2) is 9.97 Å². The summed E-state index contributed by atoms with van der Waals surface area (Å²) in [7, 11) is 0. The highest BCUT2D eigenvalue weighted by Crippen LogP contribution is 2.50. The van der Waals surface area contributed by atoms with Gasteiger partial charge in [-0.1, -0.05) is 32.1 Å². The first-order chi connectivity index (χ1) is 9.00. The third-order valence-electron chi connectivity index (χ3n) is 4.98. The maximum Gasteiger partial charge on any atom is 0.143 e. The van der Waals surface area contributed by atoms with Crippen molar-refractivity contribution in [2.75, 3.05) is 0 Å². The zero-order valence-corrected chi connectivity index (χ0v) is 12.6. The Kier molecular flexibility index (Phi) is 3.10. The van der Waals surface area contributed by atoms with E-state index in [0.29, 0.717) is 17.9 Å². The lowest BCUT2D eigenvalue weighted by Gasteiger charge is -2.46. The summed E-state index contributed by atoms with van der Waals surface area (Å²) < 4.78 is 0. The van der Waals surface area contributed by atoms with Crippen LogP contribution in [0, 0.1) is 11.3 Å². The van der Waals surface area contributed by atoms with E-state index in [2.05, 4.69) is 25.8 Å². The van der Waals surface area contributed by atoms with Crippen molar-refractivity contribution >= 4 is 21.7 Å². The number of aromatic nitrogens is 2. The first-order valence-electron chi connectivity index (χ1n) is 6.97. The van der Waals surface area contributed by atoms with Gasteiger partial charge in [0.2, 0.25) is 0 Å². The number of fused-ring (bicyclic) bond motifs is 1. The molecule has 0 bridgehead atoms. The minimum Gasteiger partial charge on any atom is -0.327 e. The van der Waals surface area contributed by atoms with Gasteiger partial charge in [-0.05, 0) is 36.3 Å². The van der Waals surface area contributed by atoms with Gasteiger partial charge >= 0.3 is 0 Å². The summed E-state index contributed by atoms with van der Waals surface area (Å²) in [6, 6.07) is 4.32. The molecule has 0 spiro atoms. The highest BCUT2D eigenvalue weighted by Gasteiger charge is 2.43. The standard InChI is InChI=1S/C15H21N3S/c1-9-11(16)7-6-10(15(9,2)3)13-18-12-5-4-8-17-14(12)19-13/h4-5,8-11H,6-7,16H2,1-3H3. The van der Waals surface area contributed by atoms with Crippen molar-refractivity contribution < 1.29 is 0 Å². The maximum atomic E-state index is 6.24. The van der Waals surface area contributed by atoms with E-state index >= 15 is 0 Å². The number of hydrogen-bond acceptors (Lipinski definition) is 4. The van der Waals surface area contributed by atoms with Crippen molar-refractivity contribution in [3.8, 4) is 0 Å². The molecule has 3 atom stereocenters. The highest BCUT2D eigenvalue weighted by atomic mass is 32.1. The van der Waals surface area contributed by atoms with Crippen LogP contribution < -0.4 is 5.73 Å². The molecule has 1 fully saturated rings. The van der Waals surface area contributed by atoms with Gasteiger partial charge in [0.05, 0.1) is 5.01 Å². The third kappa shape index (κ3) is 2.07. The molecule has 2 heterocycles. The smallest absolute Gasteiger partial charge is 0.143 e. The fourth-order valence-corrected chi connectivity index (χ4v) is 4.47. The van der Waals surface area contributed by atoms with Gasteiger partial charge in [-0.3, -0.25) is 0 Å². The Morgan fingerprint density at radius 1 is 1.37 bits per heavy atom. The maximum absolute atomic E-state index is 6.24. The summed E-state index contributed by atoms with van der Waals surface area (Å²) in [5, 5.41) is 1.23. The molecule has 2 aromatic heterocycles. The molecule has 19 heavy (non-hydrogen) atoms. The Hall–Kier alpha value is -1.00. The first-order valence-corrected chi connectivity index (χ1v) is 7.79. The Morgan fingerprint density at radius 2 is 2.16 bits per heavy atom. The molecule has 102 valence electrons. The molecule has 4 heteroatoms. The van der Waals surface area contributed by atoms with Gasteiger partial charge in [0, 0.05) is 18.2 Å². The molecule has 3 rings (SSSR count). The molecule has 2 aromatic rings. The molecule has 2 N–H and O–H groups in total. The second-order valence-electron chi connectivity index (χ2n) is 6.28. The first kappa shape index (κ1) is 13.0. The van der Waals surface area contributed by atoms with Crippen molar-refractivity contribution in [1.29, 1.82) is 0 Å². The van der Waals surface area contributed by atoms with E-state index < -0.39 is 0 Å². The van der Waals surface area contributed by atoms with Crippen LogP contribution in [0.1, 0.15) is 44.5 Å². The fourth-order valence-electron chi connectivity index (χ4n) is 3.23. The Balaban J connectivity index is 2.01. The topological polar surface area (TPSA) is 51.8 Å². The minimum atomic E-state index is 0.200. The molecule has 1 aliphatic carbocycles. The van der Waals surface area contributed by atoms with Crippen LogP contribution in [0.15, 0.2) is 18.3 Å². The number of pyridine rings is 1. The lowest BCUT2D eigenvalue weighted by atomic mass is 9.61. The Morgan fingerprint density at radius 3 is 2.89 bits per heavy atom. The molecule has 3 nitrogen and oxygen atoms in total. The Bertz CT molecular complexity index is 557. The van der Waals surface area contributed by atoms with Crippen molar-refractivity contribution in [2.24, 2.45) is 17.1 Å². The molecule has 0 aliphatic heterocycles. The summed E-state index contributed by atoms with van der Waals surface area (Å²) in [4.78, 5) is 10.3. The van der Waals surface area contributed by atoms with Crippen molar-refractivity contribution in [3.63, 3.8) is 0 Å². The summed E-state index contributed by atoms with van der Waals surface area (Å²) in [6.45, 7) is 6.95. The van der Waals surface area contributed by atoms with Gasteiger partial charge in [0.1, 0.15) is 10.3 Å². The predicted molar refractivity (Wildman–Crippen MR) is 80.3 cm³/mol. The summed E-state index contributed by atoms with van der Waals surface area (Å²) in [5.41, 5.74) is 7.47. The van der Waals surface area contributed by atoms with Gasteiger partial charge in [-0.2, -0.15) is 0 Å². The molecule has 0 amide bonds. The minimum absolute atomic E-state index is 0.200. The molecule has 0 aromatic carbocycles. The quantitative estimate of drug-likeness (QED) is 0.865. The summed E-state index contributed by atoms with van der Waals surface area (Å²) in [6.07, 6.45) is 4.08. The molecule has 0 radical (unpaired) electrons.